The maximum absolute atomic E-state index is 12.8. The number of carboxylic acid groups (broad SMARTS) is 1. The highest BCUT2D eigenvalue weighted by Gasteiger charge is 2.73. The van der Waals surface area contributed by atoms with Crippen molar-refractivity contribution >= 4 is 18.0 Å². The number of rotatable bonds is 5. The van der Waals surface area contributed by atoms with Crippen molar-refractivity contribution in [3.05, 3.63) is 53.6 Å². The van der Waals surface area contributed by atoms with Gasteiger partial charge in [0, 0.05) is 16.9 Å². The average Bonchev–Trinajstić information content (AvgIpc) is 3.16. The van der Waals surface area contributed by atoms with Crippen molar-refractivity contribution in [3.8, 4) is 0 Å². The largest absolute Gasteiger partial charge is 0.481 e. The summed E-state index contributed by atoms with van der Waals surface area (Å²) in [6, 6.07) is 9.42. The molecule has 188 valence electrons. The number of benzene rings is 1. The molecule has 0 saturated heterocycles. The van der Waals surface area contributed by atoms with Gasteiger partial charge in [-0.05, 0) is 80.9 Å². The minimum absolute atomic E-state index is 0.0179. The molecule has 1 spiro atoms. The highest BCUT2D eigenvalue weighted by molar-refractivity contribution is 5.87. The van der Waals surface area contributed by atoms with Crippen molar-refractivity contribution < 1.29 is 29.6 Å². The van der Waals surface area contributed by atoms with E-state index in [9.17, 15) is 24.9 Å². The van der Waals surface area contributed by atoms with Crippen molar-refractivity contribution in [1.82, 2.24) is 0 Å². The summed E-state index contributed by atoms with van der Waals surface area (Å²) in [5.74, 6) is -1.56. The lowest BCUT2D eigenvalue weighted by atomic mass is 9.38. The van der Waals surface area contributed by atoms with Crippen molar-refractivity contribution in [2.45, 2.75) is 70.5 Å². The molecular weight excluding hydrogens is 444 g/mol. The number of fused-ring (bicyclic) bond motifs is 3. The Hall–Kier alpha value is -2.44. The number of carbonyl (C=O) groups excluding carboxylic acids is 1. The summed E-state index contributed by atoms with van der Waals surface area (Å²) >= 11 is 0. The van der Waals surface area contributed by atoms with E-state index in [1.165, 1.54) is 6.08 Å². The van der Waals surface area contributed by atoms with Gasteiger partial charge >= 0.3 is 11.9 Å². The molecule has 3 N–H and O–H groups in total. The van der Waals surface area contributed by atoms with Gasteiger partial charge in [-0.2, -0.15) is 0 Å². The Morgan fingerprint density at radius 3 is 2.51 bits per heavy atom. The zero-order chi connectivity index (χ0) is 25.1. The van der Waals surface area contributed by atoms with Crippen LogP contribution in [0.25, 0.3) is 6.08 Å². The molecule has 7 atom stereocenters. The Labute approximate surface area is 206 Å². The molecule has 3 saturated carbocycles. The lowest BCUT2D eigenvalue weighted by Gasteiger charge is -2.68. The summed E-state index contributed by atoms with van der Waals surface area (Å²) in [7, 11) is 0. The van der Waals surface area contributed by atoms with Gasteiger partial charge in [-0.1, -0.05) is 43.3 Å². The van der Waals surface area contributed by atoms with Gasteiger partial charge in [0.1, 0.15) is 11.5 Å². The highest BCUT2D eigenvalue weighted by Crippen LogP contribution is 2.72. The first-order chi connectivity index (χ1) is 16.6. The summed E-state index contributed by atoms with van der Waals surface area (Å²) < 4.78 is 5.81. The van der Waals surface area contributed by atoms with Crippen LogP contribution in [0.2, 0.25) is 0 Å². The lowest BCUT2D eigenvalue weighted by molar-refractivity contribution is -0.268. The molecule has 6 heteroatoms. The molecule has 1 aromatic rings. The van der Waals surface area contributed by atoms with E-state index < -0.39 is 39.9 Å². The fraction of sp³-hybridized carbons (Fsp3) is 0.586. The van der Waals surface area contributed by atoms with Crippen LogP contribution in [0.1, 0.15) is 64.4 Å². The molecule has 3 fully saturated rings. The molecule has 0 aliphatic heterocycles. The monoisotopic (exact) mass is 480 g/mol. The molecule has 0 aromatic heterocycles. The Bertz CT molecular complexity index is 1080. The lowest BCUT2D eigenvalue weighted by Crippen LogP contribution is -2.71. The third-order valence-corrected chi connectivity index (χ3v) is 10.3. The van der Waals surface area contributed by atoms with Crippen molar-refractivity contribution in [2.24, 2.45) is 28.1 Å². The highest BCUT2D eigenvalue weighted by atomic mass is 16.5. The van der Waals surface area contributed by atoms with Crippen LogP contribution < -0.4 is 0 Å². The number of hydrogen-bond donors (Lipinski definition) is 3. The standard InChI is InChI=1S/C29H36O6/c1-26-13-12-23(35-24(31)9-8-19-6-4-3-5-7-19)27(2,25(32)33)22(26)11-14-28-16-20(21(17-28)18-30)10-15-29(26,28)34/h3-9,17,20,22-23,30,34H,10-16,18H2,1-2H3,(H,32,33)/b9-8+/t20-,22+,23-,26-,27+,28+,29-/m1/s1. The van der Waals surface area contributed by atoms with Crippen LogP contribution in [-0.4, -0.2) is 45.6 Å². The van der Waals surface area contributed by atoms with Gasteiger partial charge in [-0.15, -0.1) is 0 Å². The Morgan fingerprint density at radius 1 is 1.09 bits per heavy atom. The third-order valence-electron chi connectivity index (χ3n) is 10.3. The number of carbonyl (C=O) groups is 2. The normalized spacial score (nSPS) is 42.2. The molecule has 0 amide bonds. The zero-order valence-electron chi connectivity index (χ0n) is 20.6. The van der Waals surface area contributed by atoms with E-state index >= 15 is 0 Å². The van der Waals surface area contributed by atoms with Crippen LogP contribution in [-0.2, 0) is 14.3 Å². The first-order valence-electron chi connectivity index (χ1n) is 12.8. The molecule has 0 radical (unpaired) electrons. The second-order valence-electron chi connectivity index (χ2n) is 11.6. The minimum atomic E-state index is -1.31. The van der Waals surface area contributed by atoms with E-state index in [2.05, 4.69) is 13.0 Å². The van der Waals surface area contributed by atoms with Gasteiger partial charge in [0.05, 0.1) is 12.2 Å². The fourth-order valence-electron chi connectivity index (χ4n) is 8.40. The van der Waals surface area contributed by atoms with Crippen molar-refractivity contribution in [3.63, 3.8) is 0 Å². The molecule has 35 heavy (non-hydrogen) atoms. The SMILES string of the molecule is C[C@]1(C(=O)O)[C@H]2CC[C@]34C=C(CO)[C@H](CC[C@@]3(O)[C@]2(C)CC[C@H]1OC(=O)/C=C/c1ccccc1)C4. The topological polar surface area (TPSA) is 104 Å². The van der Waals surface area contributed by atoms with Crippen LogP contribution in [0.15, 0.2) is 48.1 Å². The molecule has 5 rings (SSSR count). The van der Waals surface area contributed by atoms with Crippen molar-refractivity contribution in [2.75, 3.05) is 6.61 Å². The van der Waals surface area contributed by atoms with Gasteiger partial charge in [0.2, 0.25) is 0 Å². The number of hydrogen-bond acceptors (Lipinski definition) is 5. The maximum Gasteiger partial charge on any atom is 0.331 e. The van der Waals surface area contributed by atoms with Crippen LogP contribution >= 0.6 is 0 Å². The number of esters is 1. The Morgan fingerprint density at radius 2 is 1.83 bits per heavy atom. The van der Waals surface area contributed by atoms with Crippen LogP contribution in [0.4, 0.5) is 0 Å². The van der Waals surface area contributed by atoms with Gasteiger partial charge < -0.3 is 20.1 Å². The fourth-order valence-corrected chi connectivity index (χ4v) is 8.40. The predicted octanol–water partition coefficient (Wildman–Crippen LogP) is 4.36. The maximum atomic E-state index is 12.8. The number of aliphatic carboxylic acids is 1. The number of aliphatic hydroxyl groups excluding tert-OH is 1. The van der Waals surface area contributed by atoms with E-state index in [4.69, 9.17) is 4.74 Å². The number of ether oxygens (including phenoxy) is 1. The predicted molar refractivity (Wildman–Crippen MR) is 131 cm³/mol. The minimum Gasteiger partial charge on any atom is -0.481 e. The van der Waals surface area contributed by atoms with Crippen LogP contribution in [0, 0.1) is 28.1 Å². The summed E-state index contributed by atoms with van der Waals surface area (Å²) in [6.45, 7) is 3.77. The average molecular weight is 481 g/mol. The van der Waals surface area contributed by atoms with Gasteiger partial charge in [-0.3, -0.25) is 4.79 Å². The summed E-state index contributed by atoms with van der Waals surface area (Å²) in [5.41, 5.74) is -1.51. The molecule has 0 unspecified atom stereocenters. The molecule has 1 aromatic carbocycles. The van der Waals surface area contributed by atoms with E-state index in [1.54, 1.807) is 13.0 Å². The van der Waals surface area contributed by atoms with E-state index in [0.29, 0.717) is 38.0 Å². The summed E-state index contributed by atoms with van der Waals surface area (Å²) in [6.07, 6.45) is 8.92. The van der Waals surface area contributed by atoms with E-state index in [1.807, 2.05) is 30.3 Å². The zero-order valence-corrected chi connectivity index (χ0v) is 20.6. The molecule has 4 aliphatic carbocycles. The van der Waals surface area contributed by atoms with Crippen LogP contribution in [0.5, 0.6) is 0 Å². The van der Waals surface area contributed by atoms with Gasteiger partial charge in [-0.25, -0.2) is 4.79 Å². The third kappa shape index (κ3) is 3.36. The molecule has 6 nitrogen and oxygen atoms in total. The van der Waals surface area contributed by atoms with E-state index in [0.717, 1.165) is 24.0 Å². The summed E-state index contributed by atoms with van der Waals surface area (Å²) in [4.78, 5) is 25.5. The molecular formula is C29H36O6. The smallest absolute Gasteiger partial charge is 0.331 e. The van der Waals surface area contributed by atoms with E-state index in [-0.39, 0.29) is 12.5 Å². The van der Waals surface area contributed by atoms with Gasteiger partial charge in [0.15, 0.2) is 0 Å². The second-order valence-corrected chi connectivity index (χ2v) is 11.6. The second kappa shape index (κ2) is 8.31. The molecule has 0 heterocycles. The first-order valence-corrected chi connectivity index (χ1v) is 12.8. The summed E-state index contributed by atoms with van der Waals surface area (Å²) in [5, 5.41) is 32.8. The number of carboxylic acids is 1. The van der Waals surface area contributed by atoms with Crippen molar-refractivity contribution in [1.29, 1.82) is 0 Å². The quantitative estimate of drug-likeness (QED) is 0.329. The van der Waals surface area contributed by atoms with Gasteiger partial charge in [0.25, 0.3) is 0 Å². The Balaban J connectivity index is 1.44. The molecule has 4 aliphatic rings. The number of aliphatic hydroxyl groups is 2. The first kappa shape index (κ1) is 24.3. The molecule has 2 bridgehead atoms. The Kier molecular flexibility index (Phi) is 5.76. The van der Waals surface area contributed by atoms with Crippen LogP contribution in [0.3, 0.4) is 0 Å².